The van der Waals surface area contributed by atoms with Crippen LogP contribution in [0.2, 0.25) is 0 Å². The Morgan fingerprint density at radius 2 is 2.04 bits per heavy atom. The van der Waals surface area contributed by atoms with Gasteiger partial charge in [0.05, 0.1) is 17.3 Å². The molecule has 118 valence electrons. The van der Waals surface area contributed by atoms with Crippen LogP contribution in [0, 0.1) is 0 Å². The van der Waals surface area contributed by atoms with Gasteiger partial charge in [0.25, 0.3) is 0 Å². The smallest absolute Gasteiger partial charge is 0.237 e. The van der Waals surface area contributed by atoms with Gasteiger partial charge in [-0.15, -0.1) is 0 Å². The van der Waals surface area contributed by atoms with Gasteiger partial charge in [0.1, 0.15) is 11.4 Å². The summed E-state index contributed by atoms with van der Waals surface area (Å²) in [5.74, 6) is 0.378. The molecule has 0 saturated carbocycles. The van der Waals surface area contributed by atoms with Crippen molar-refractivity contribution in [1.82, 2.24) is 19.7 Å². The Morgan fingerprint density at radius 3 is 2.78 bits per heavy atom. The molecule has 1 aromatic carbocycles. The number of hydrogen-bond donors (Lipinski definition) is 0. The number of para-hydroxylation sites is 1. The highest BCUT2D eigenvalue weighted by Gasteiger charge is 2.16. The zero-order chi connectivity index (χ0) is 16.2. The minimum atomic E-state index is 0.0550. The van der Waals surface area contributed by atoms with Crippen molar-refractivity contribution in [2.24, 2.45) is 7.05 Å². The molecular weight excluding hydrogens is 310 g/mol. The van der Waals surface area contributed by atoms with Crippen molar-refractivity contribution in [3.63, 3.8) is 0 Å². The molecule has 0 aliphatic carbocycles. The Kier molecular flexibility index (Phi) is 4.57. The number of carbonyl (C=O) groups is 1. The van der Waals surface area contributed by atoms with E-state index in [-0.39, 0.29) is 5.91 Å². The number of amides is 1. The van der Waals surface area contributed by atoms with E-state index >= 15 is 0 Å². The van der Waals surface area contributed by atoms with E-state index in [0.717, 1.165) is 21.7 Å². The van der Waals surface area contributed by atoms with Crippen molar-refractivity contribution in [3.8, 4) is 0 Å². The number of carbonyl (C=O) groups excluding carboxylic acids is 1. The lowest BCUT2D eigenvalue weighted by atomic mass is 10.3. The van der Waals surface area contributed by atoms with Gasteiger partial charge in [0, 0.05) is 19.3 Å². The zero-order valence-corrected chi connectivity index (χ0v) is 13.8. The first-order valence-electron chi connectivity index (χ1n) is 7.31. The lowest BCUT2D eigenvalue weighted by molar-refractivity contribution is -0.116. The van der Waals surface area contributed by atoms with Crippen LogP contribution in [-0.2, 0) is 11.8 Å². The third-order valence-corrected chi connectivity index (χ3v) is 4.50. The molecule has 3 aromatic rings. The van der Waals surface area contributed by atoms with Gasteiger partial charge in [0.15, 0.2) is 5.65 Å². The molecule has 3 rings (SSSR count). The molecule has 0 spiro atoms. The van der Waals surface area contributed by atoms with Gasteiger partial charge in [-0.05, 0) is 19.1 Å². The van der Waals surface area contributed by atoms with Crippen molar-refractivity contribution >= 4 is 34.4 Å². The van der Waals surface area contributed by atoms with Crippen LogP contribution in [0.1, 0.15) is 6.92 Å². The maximum Gasteiger partial charge on any atom is 0.237 e. The second-order valence-corrected chi connectivity index (χ2v) is 5.91. The van der Waals surface area contributed by atoms with Crippen LogP contribution in [0.25, 0.3) is 11.0 Å². The molecule has 2 aromatic heterocycles. The van der Waals surface area contributed by atoms with E-state index < -0.39 is 0 Å². The molecule has 0 radical (unpaired) electrons. The summed E-state index contributed by atoms with van der Waals surface area (Å²) in [5.41, 5.74) is 1.68. The number of aryl methyl sites for hydroxylation is 1. The van der Waals surface area contributed by atoms with E-state index in [1.54, 1.807) is 15.8 Å². The molecule has 0 aliphatic heterocycles. The van der Waals surface area contributed by atoms with Crippen molar-refractivity contribution < 1.29 is 4.79 Å². The van der Waals surface area contributed by atoms with Gasteiger partial charge in [-0.2, -0.15) is 5.10 Å². The number of benzene rings is 1. The van der Waals surface area contributed by atoms with Crippen LogP contribution < -0.4 is 4.90 Å². The van der Waals surface area contributed by atoms with E-state index in [2.05, 4.69) is 15.1 Å². The fourth-order valence-electron chi connectivity index (χ4n) is 2.37. The molecule has 7 heteroatoms. The third kappa shape index (κ3) is 3.19. The Bertz CT molecular complexity index is 818. The first kappa shape index (κ1) is 15.5. The normalized spacial score (nSPS) is 10.9. The SMILES string of the molecule is CCN(C(=O)CSc1ncnc2c1cnn2C)c1ccccc1. The summed E-state index contributed by atoms with van der Waals surface area (Å²) in [6.07, 6.45) is 3.24. The van der Waals surface area contributed by atoms with E-state index in [4.69, 9.17) is 0 Å². The Labute approximate surface area is 138 Å². The van der Waals surface area contributed by atoms with E-state index in [9.17, 15) is 4.79 Å². The highest BCUT2D eigenvalue weighted by molar-refractivity contribution is 8.00. The van der Waals surface area contributed by atoms with Gasteiger partial charge in [-0.25, -0.2) is 9.97 Å². The molecule has 0 fully saturated rings. The monoisotopic (exact) mass is 327 g/mol. The second-order valence-electron chi connectivity index (χ2n) is 4.95. The van der Waals surface area contributed by atoms with Crippen LogP contribution in [0.3, 0.4) is 0 Å². The number of anilines is 1. The van der Waals surface area contributed by atoms with Gasteiger partial charge < -0.3 is 4.90 Å². The van der Waals surface area contributed by atoms with Crippen LogP contribution in [0.4, 0.5) is 5.69 Å². The van der Waals surface area contributed by atoms with Gasteiger partial charge in [0.2, 0.25) is 5.91 Å². The maximum absolute atomic E-state index is 12.5. The molecule has 1 amide bonds. The van der Waals surface area contributed by atoms with E-state index in [1.807, 2.05) is 44.3 Å². The van der Waals surface area contributed by atoms with Gasteiger partial charge in [-0.3, -0.25) is 9.48 Å². The number of fused-ring (bicyclic) bond motifs is 1. The summed E-state index contributed by atoms with van der Waals surface area (Å²) in [5, 5.41) is 5.84. The summed E-state index contributed by atoms with van der Waals surface area (Å²) in [7, 11) is 1.84. The zero-order valence-electron chi connectivity index (χ0n) is 13.0. The molecule has 23 heavy (non-hydrogen) atoms. The fraction of sp³-hybridized carbons (Fsp3) is 0.250. The largest absolute Gasteiger partial charge is 0.312 e. The van der Waals surface area contributed by atoms with Crippen molar-refractivity contribution in [3.05, 3.63) is 42.9 Å². The first-order chi connectivity index (χ1) is 11.2. The Balaban J connectivity index is 1.75. The molecule has 2 heterocycles. The number of rotatable bonds is 5. The van der Waals surface area contributed by atoms with Crippen LogP contribution in [0.15, 0.2) is 47.9 Å². The predicted molar refractivity (Wildman–Crippen MR) is 91.5 cm³/mol. The van der Waals surface area contributed by atoms with E-state index in [0.29, 0.717) is 12.3 Å². The summed E-state index contributed by atoms with van der Waals surface area (Å²) in [6, 6.07) is 9.69. The van der Waals surface area contributed by atoms with Crippen LogP contribution in [0.5, 0.6) is 0 Å². The second kappa shape index (κ2) is 6.78. The molecule has 6 nitrogen and oxygen atoms in total. The van der Waals surface area contributed by atoms with Crippen molar-refractivity contribution in [2.75, 3.05) is 17.2 Å². The molecule has 0 aliphatic rings. The quantitative estimate of drug-likeness (QED) is 0.532. The Morgan fingerprint density at radius 1 is 1.26 bits per heavy atom. The van der Waals surface area contributed by atoms with Gasteiger partial charge in [-0.1, -0.05) is 30.0 Å². The lowest BCUT2D eigenvalue weighted by Crippen LogP contribution is -2.32. The minimum absolute atomic E-state index is 0.0550. The predicted octanol–water partition coefficient (Wildman–Crippen LogP) is 2.51. The lowest BCUT2D eigenvalue weighted by Gasteiger charge is -2.20. The number of hydrogen-bond acceptors (Lipinski definition) is 5. The van der Waals surface area contributed by atoms with Crippen LogP contribution in [-0.4, -0.2) is 38.0 Å². The van der Waals surface area contributed by atoms with Crippen molar-refractivity contribution in [1.29, 1.82) is 0 Å². The van der Waals surface area contributed by atoms with Crippen LogP contribution >= 0.6 is 11.8 Å². The fourth-order valence-corrected chi connectivity index (χ4v) is 3.21. The molecule has 0 unspecified atom stereocenters. The maximum atomic E-state index is 12.5. The standard InChI is InChI=1S/C16H17N5OS/c1-3-21(12-7-5-4-6-8-12)14(22)10-23-16-13-9-19-20(2)15(13)17-11-18-16/h4-9,11H,3,10H2,1-2H3. The van der Waals surface area contributed by atoms with Gasteiger partial charge >= 0.3 is 0 Å². The van der Waals surface area contributed by atoms with E-state index in [1.165, 1.54) is 18.1 Å². The summed E-state index contributed by atoms with van der Waals surface area (Å²) >= 11 is 1.41. The highest BCUT2D eigenvalue weighted by atomic mass is 32.2. The molecule has 0 bridgehead atoms. The summed E-state index contributed by atoms with van der Waals surface area (Å²) in [4.78, 5) is 22.8. The molecule has 0 N–H and O–H groups in total. The average Bonchev–Trinajstić information content (AvgIpc) is 2.97. The number of thioether (sulfide) groups is 1. The summed E-state index contributed by atoms with van der Waals surface area (Å²) < 4.78 is 1.70. The molecule has 0 atom stereocenters. The third-order valence-electron chi connectivity index (χ3n) is 3.51. The highest BCUT2D eigenvalue weighted by Crippen LogP contribution is 2.24. The number of nitrogens with zero attached hydrogens (tertiary/aromatic N) is 5. The topological polar surface area (TPSA) is 63.9 Å². The first-order valence-corrected chi connectivity index (χ1v) is 8.30. The average molecular weight is 327 g/mol. The van der Waals surface area contributed by atoms with Crippen molar-refractivity contribution in [2.45, 2.75) is 11.9 Å². The molecular formula is C16H17N5OS. The molecule has 0 saturated heterocycles. The number of aromatic nitrogens is 4. The Hall–Kier alpha value is -2.41. The summed E-state index contributed by atoms with van der Waals surface area (Å²) in [6.45, 7) is 2.61. The minimum Gasteiger partial charge on any atom is -0.312 e.